The van der Waals surface area contributed by atoms with Crippen LogP contribution in [0.15, 0.2) is 24.3 Å². The monoisotopic (exact) mass is 306 g/mol. The summed E-state index contributed by atoms with van der Waals surface area (Å²) in [4.78, 5) is 17.4. The van der Waals surface area contributed by atoms with E-state index in [9.17, 15) is 9.90 Å². The molecule has 6 heteroatoms. The van der Waals surface area contributed by atoms with Crippen molar-refractivity contribution in [2.24, 2.45) is 0 Å². The Labute approximate surface area is 127 Å². The molecule has 1 atom stereocenters. The maximum Gasteiger partial charge on any atom is 0.253 e. The maximum absolute atomic E-state index is 12.0. The highest BCUT2D eigenvalue weighted by molar-refractivity contribution is 7.11. The molecule has 1 aromatic carbocycles. The molecule has 1 amide bonds. The third kappa shape index (κ3) is 3.80. The van der Waals surface area contributed by atoms with Gasteiger partial charge in [0.1, 0.15) is 5.75 Å². The third-order valence-corrected chi connectivity index (χ3v) is 4.02. The number of nitrogens with one attached hydrogen (secondary N) is 1. The molecule has 0 radical (unpaired) electrons. The summed E-state index contributed by atoms with van der Waals surface area (Å²) in [7, 11) is 1.54. The van der Waals surface area contributed by atoms with Gasteiger partial charge in [-0.15, -0.1) is 11.3 Å². The Morgan fingerprint density at radius 2 is 2.24 bits per heavy atom. The molecule has 0 fully saturated rings. The van der Waals surface area contributed by atoms with E-state index in [0.29, 0.717) is 17.9 Å². The molecular weight excluding hydrogens is 288 g/mol. The second kappa shape index (κ2) is 6.69. The Balaban J connectivity index is 2.00. The fourth-order valence-electron chi connectivity index (χ4n) is 1.97. The van der Waals surface area contributed by atoms with E-state index in [1.807, 2.05) is 13.8 Å². The topological polar surface area (TPSA) is 71.5 Å². The fraction of sp³-hybridized carbons (Fsp3) is 0.333. The predicted octanol–water partition coefficient (Wildman–Crippen LogP) is 2.12. The predicted molar refractivity (Wildman–Crippen MR) is 81.4 cm³/mol. The van der Waals surface area contributed by atoms with Gasteiger partial charge in [-0.05, 0) is 31.5 Å². The lowest BCUT2D eigenvalue weighted by atomic mass is 10.1. The molecule has 1 heterocycles. The summed E-state index contributed by atoms with van der Waals surface area (Å²) in [5.74, 6) is 0.152. The number of amides is 1. The van der Waals surface area contributed by atoms with E-state index in [1.54, 1.807) is 42.7 Å². The normalized spacial score (nSPS) is 12.0. The van der Waals surface area contributed by atoms with Gasteiger partial charge in [-0.3, -0.25) is 4.79 Å². The molecule has 0 aliphatic heterocycles. The van der Waals surface area contributed by atoms with Gasteiger partial charge in [-0.1, -0.05) is 12.1 Å². The van der Waals surface area contributed by atoms with Gasteiger partial charge in [0.2, 0.25) is 0 Å². The van der Waals surface area contributed by atoms with Crippen LogP contribution in [0.4, 0.5) is 0 Å². The smallest absolute Gasteiger partial charge is 0.253 e. The molecule has 0 saturated carbocycles. The van der Waals surface area contributed by atoms with Crippen LogP contribution in [0.5, 0.6) is 5.75 Å². The van der Waals surface area contributed by atoms with Crippen molar-refractivity contribution in [1.82, 2.24) is 10.3 Å². The van der Waals surface area contributed by atoms with Crippen LogP contribution in [-0.4, -0.2) is 23.1 Å². The molecule has 0 aliphatic carbocycles. The number of carbonyl (C=O) groups excluding carboxylic acids is 1. The van der Waals surface area contributed by atoms with Crippen LogP contribution in [0.1, 0.15) is 27.2 Å². The average Bonchev–Trinajstić information content (AvgIpc) is 2.82. The summed E-state index contributed by atoms with van der Waals surface area (Å²) in [6.07, 6.45) is -1.22. The van der Waals surface area contributed by atoms with Crippen LogP contribution in [0.2, 0.25) is 0 Å². The van der Waals surface area contributed by atoms with Crippen molar-refractivity contribution in [2.45, 2.75) is 26.5 Å². The van der Waals surface area contributed by atoms with E-state index in [1.165, 1.54) is 0 Å². The van der Waals surface area contributed by atoms with E-state index in [-0.39, 0.29) is 0 Å². The van der Waals surface area contributed by atoms with Crippen molar-refractivity contribution in [3.05, 3.63) is 45.4 Å². The summed E-state index contributed by atoms with van der Waals surface area (Å²) < 4.78 is 5.08. The molecule has 0 bridgehead atoms. The highest BCUT2D eigenvalue weighted by atomic mass is 32.1. The zero-order valence-electron chi connectivity index (χ0n) is 12.2. The van der Waals surface area contributed by atoms with Crippen LogP contribution in [-0.2, 0) is 11.3 Å². The first-order chi connectivity index (χ1) is 10.0. The van der Waals surface area contributed by atoms with Gasteiger partial charge >= 0.3 is 0 Å². The standard InChI is InChI=1S/C15H18N2O3S/c1-9-13(17-10(2)21-9)8-16-15(19)14(18)11-5-4-6-12(7-11)20-3/h4-7,14,18H,8H2,1-3H3,(H,16,19). The largest absolute Gasteiger partial charge is 0.497 e. The Morgan fingerprint density at radius 1 is 1.48 bits per heavy atom. The number of carbonyl (C=O) groups is 1. The molecular formula is C15H18N2O3S. The van der Waals surface area contributed by atoms with E-state index in [2.05, 4.69) is 10.3 Å². The number of hydrogen-bond donors (Lipinski definition) is 2. The molecule has 5 nitrogen and oxygen atoms in total. The minimum absolute atomic E-state index is 0.316. The number of ether oxygens (including phenoxy) is 1. The second-order valence-electron chi connectivity index (χ2n) is 4.63. The summed E-state index contributed by atoms with van der Waals surface area (Å²) in [5.41, 5.74) is 1.33. The van der Waals surface area contributed by atoms with Crippen molar-refractivity contribution < 1.29 is 14.6 Å². The fourth-order valence-corrected chi connectivity index (χ4v) is 2.80. The second-order valence-corrected chi connectivity index (χ2v) is 6.04. The number of hydrogen-bond acceptors (Lipinski definition) is 5. The van der Waals surface area contributed by atoms with Gasteiger partial charge in [0.15, 0.2) is 6.10 Å². The summed E-state index contributed by atoms with van der Waals surface area (Å²) in [6.45, 7) is 4.20. The van der Waals surface area contributed by atoms with E-state index in [0.717, 1.165) is 15.6 Å². The van der Waals surface area contributed by atoms with E-state index < -0.39 is 12.0 Å². The Hall–Kier alpha value is -1.92. The number of methoxy groups -OCH3 is 1. The Morgan fingerprint density at radius 3 is 2.86 bits per heavy atom. The van der Waals surface area contributed by atoms with Gasteiger partial charge in [-0.25, -0.2) is 4.98 Å². The quantitative estimate of drug-likeness (QED) is 0.887. The molecule has 0 spiro atoms. The van der Waals surface area contributed by atoms with E-state index in [4.69, 9.17) is 4.74 Å². The van der Waals surface area contributed by atoms with Gasteiger partial charge in [0, 0.05) is 4.88 Å². The molecule has 2 N–H and O–H groups in total. The summed E-state index contributed by atoms with van der Waals surface area (Å²) in [6, 6.07) is 6.82. The van der Waals surface area contributed by atoms with Crippen molar-refractivity contribution >= 4 is 17.2 Å². The first-order valence-electron chi connectivity index (χ1n) is 6.54. The van der Waals surface area contributed by atoms with Crippen LogP contribution in [0, 0.1) is 13.8 Å². The third-order valence-electron chi connectivity index (χ3n) is 3.09. The molecule has 112 valence electrons. The number of aliphatic hydroxyl groups is 1. The molecule has 1 unspecified atom stereocenters. The minimum atomic E-state index is -1.22. The highest BCUT2D eigenvalue weighted by Crippen LogP contribution is 2.20. The SMILES string of the molecule is COc1cccc(C(O)C(=O)NCc2nc(C)sc2C)c1. The van der Waals surface area contributed by atoms with Crippen molar-refractivity contribution in [1.29, 1.82) is 0 Å². The molecule has 2 aromatic rings. The number of aromatic nitrogens is 1. The lowest BCUT2D eigenvalue weighted by Gasteiger charge is -2.12. The molecule has 1 aromatic heterocycles. The van der Waals surface area contributed by atoms with Gasteiger partial charge in [0.05, 0.1) is 24.4 Å². The number of aryl methyl sites for hydroxylation is 2. The first-order valence-corrected chi connectivity index (χ1v) is 7.35. The van der Waals surface area contributed by atoms with E-state index >= 15 is 0 Å². The molecule has 21 heavy (non-hydrogen) atoms. The molecule has 0 aliphatic rings. The van der Waals surface area contributed by atoms with Gasteiger partial charge in [0.25, 0.3) is 5.91 Å². The maximum atomic E-state index is 12.0. The molecule has 2 rings (SSSR count). The number of benzene rings is 1. The average molecular weight is 306 g/mol. The van der Waals surface area contributed by atoms with Crippen molar-refractivity contribution in [3.8, 4) is 5.75 Å². The van der Waals surface area contributed by atoms with Gasteiger partial charge < -0.3 is 15.2 Å². The summed E-state index contributed by atoms with van der Waals surface area (Å²) in [5, 5.41) is 13.7. The number of nitrogens with zero attached hydrogens (tertiary/aromatic N) is 1. The minimum Gasteiger partial charge on any atom is -0.497 e. The zero-order valence-corrected chi connectivity index (χ0v) is 13.0. The number of rotatable bonds is 5. The number of thiazole rings is 1. The lowest BCUT2D eigenvalue weighted by molar-refractivity contribution is -0.129. The zero-order chi connectivity index (χ0) is 15.4. The van der Waals surface area contributed by atoms with Crippen molar-refractivity contribution in [2.75, 3.05) is 7.11 Å². The Kier molecular flexibility index (Phi) is 4.93. The molecule has 0 saturated heterocycles. The van der Waals surface area contributed by atoms with Gasteiger partial charge in [-0.2, -0.15) is 0 Å². The number of aliphatic hydroxyl groups excluding tert-OH is 1. The Bertz CT molecular complexity index is 640. The van der Waals surface area contributed by atoms with Crippen LogP contribution >= 0.6 is 11.3 Å². The lowest BCUT2D eigenvalue weighted by Crippen LogP contribution is -2.29. The highest BCUT2D eigenvalue weighted by Gasteiger charge is 2.18. The van der Waals surface area contributed by atoms with Crippen LogP contribution < -0.4 is 10.1 Å². The van der Waals surface area contributed by atoms with Crippen molar-refractivity contribution in [3.63, 3.8) is 0 Å². The van der Waals surface area contributed by atoms with Crippen LogP contribution in [0.3, 0.4) is 0 Å². The van der Waals surface area contributed by atoms with Crippen LogP contribution in [0.25, 0.3) is 0 Å². The first kappa shape index (κ1) is 15.5. The summed E-state index contributed by atoms with van der Waals surface area (Å²) >= 11 is 1.59.